The molecule has 2 heterocycles. The van der Waals surface area contributed by atoms with Crippen LogP contribution in [0.3, 0.4) is 0 Å². The normalized spacial score (nSPS) is 20.0. The van der Waals surface area contributed by atoms with Crippen molar-refractivity contribution in [3.63, 3.8) is 0 Å². The molecule has 0 amide bonds. The van der Waals surface area contributed by atoms with Crippen LogP contribution in [0, 0.1) is 0 Å². The van der Waals surface area contributed by atoms with E-state index >= 15 is 0 Å². The molecule has 1 aromatic rings. The smallest absolute Gasteiger partial charge is 0.335 e. The molecule has 20 heavy (non-hydrogen) atoms. The maximum atomic E-state index is 11.0. The van der Waals surface area contributed by atoms with Crippen LogP contribution < -0.4 is 0 Å². The number of benzene rings is 1. The first-order valence-corrected chi connectivity index (χ1v) is 7.52. The van der Waals surface area contributed by atoms with Gasteiger partial charge in [0.05, 0.1) is 5.56 Å². The lowest BCUT2D eigenvalue weighted by atomic mass is 9.97. The van der Waals surface area contributed by atoms with Crippen LogP contribution in [0.4, 0.5) is 0 Å². The lowest BCUT2D eigenvalue weighted by Gasteiger charge is -2.30. The third-order valence-electron chi connectivity index (χ3n) is 4.48. The van der Waals surface area contributed by atoms with Gasteiger partial charge in [-0.2, -0.15) is 0 Å². The molecule has 4 nitrogen and oxygen atoms in total. The minimum atomic E-state index is -0.831. The predicted octanol–water partition coefficient (Wildman–Crippen LogP) is 1.84. The number of carboxylic acids is 1. The summed E-state index contributed by atoms with van der Waals surface area (Å²) in [5.41, 5.74) is 2.91. The van der Waals surface area contributed by atoms with Gasteiger partial charge in [0, 0.05) is 26.2 Å². The van der Waals surface area contributed by atoms with E-state index in [4.69, 9.17) is 5.11 Å². The van der Waals surface area contributed by atoms with E-state index in [-0.39, 0.29) is 0 Å². The van der Waals surface area contributed by atoms with Crippen molar-refractivity contribution in [3.05, 3.63) is 34.9 Å². The number of aromatic carboxylic acids is 1. The maximum absolute atomic E-state index is 11.0. The second-order valence-corrected chi connectivity index (χ2v) is 5.86. The molecule has 108 valence electrons. The molecule has 3 rings (SSSR count). The molecule has 2 aliphatic rings. The number of hydrogen-bond acceptors (Lipinski definition) is 3. The molecule has 0 bridgehead atoms. The highest BCUT2D eigenvalue weighted by Gasteiger charge is 2.19. The number of rotatable bonds is 4. The first-order valence-electron chi connectivity index (χ1n) is 7.52. The molecular formula is C16H22N2O2. The van der Waals surface area contributed by atoms with E-state index in [0.29, 0.717) is 5.56 Å². The second-order valence-electron chi connectivity index (χ2n) is 5.86. The maximum Gasteiger partial charge on any atom is 0.335 e. The van der Waals surface area contributed by atoms with E-state index in [1.54, 1.807) is 6.07 Å². The number of carboxylic acid groups (broad SMARTS) is 1. The Kier molecular flexibility index (Phi) is 4.03. The van der Waals surface area contributed by atoms with Crippen LogP contribution in [0.15, 0.2) is 18.2 Å². The number of likely N-dealkylation sites (tertiary alicyclic amines) is 1. The monoisotopic (exact) mass is 274 g/mol. The van der Waals surface area contributed by atoms with E-state index in [1.807, 2.05) is 12.1 Å². The average molecular weight is 274 g/mol. The highest BCUT2D eigenvalue weighted by molar-refractivity contribution is 5.87. The van der Waals surface area contributed by atoms with Crippen molar-refractivity contribution in [1.29, 1.82) is 0 Å². The van der Waals surface area contributed by atoms with Gasteiger partial charge in [0.2, 0.25) is 0 Å². The Labute approximate surface area is 120 Å². The topological polar surface area (TPSA) is 43.8 Å². The van der Waals surface area contributed by atoms with Crippen molar-refractivity contribution < 1.29 is 9.90 Å². The Morgan fingerprint density at radius 1 is 1.05 bits per heavy atom. The van der Waals surface area contributed by atoms with Crippen LogP contribution in [-0.4, -0.2) is 53.6 Å². The van der Waals surface area contributed by atoms with Crippen molar-refractivity contribution in [3.8, 4) is 0 Å². The van der Waals surface area contributed by atoms with Gasteiger partial charge in [0.25, 0.3) is 0 Å². The molecule has 0 aliphatic carbocycles. The largest absolute Gasteiger partial charge is 0.478 e. The van der Waals surface area contributed by atoms with Crippen LogP contribution in [0.2, 0.25) is 0 Å². The summed E-state index contributed by atoms with van der Waals surface area (Å²) < 4.78 is 0. The first kappa shape index (κ1) is 13.6. The molecule has 2 aliphatic heterocycles. The number of hydrogen-bond donors (Lipinski definition) is 1. The molecule has 0 atom stereocenters. The van der Waals surface area contributed by atoms with Gasteiger partial charge in [0.1, 0.15) is 0 Å². The van der Waals surface area contributed by atoms with Crippen LogP contribution >= 0.6 is 0 Å². The number of nitrogens with zero attached hydrogens (tertiary/aromatic N) is 2. The summed E-state index contributed by atoms with van der Waals surface area (Å²) in [6.45, 7) is 6.71. The molecular weight excluding hydrogens is 252 g/mol. The van der Waals surface area contributed by atoms with Crippen molar-refractivity contribution >= 4 is 5.97 Å². The van der Waals surface area contributed by atoms with Crippen molar-refractivity contribution in [2.24, 2.45) is 0 Å². The fourth-order valence-electron chi connectivity index (χ4n) is 3.23. The highest BCUT2D eigenvalue weighted by atomic mass is 16.4. The molecule has 1 N–H and O–H groups in total. The van der Waals surface area contributed by atoms with Gasteiger partial charge in [-0.3, -0.25) is 4.90 Å². The second kappa shape index (κ2) is 5.94. The molecule has 0 saturated carbocycles. The van der Waals surface area contributed by atoms with Crippen molar-refractivity contribution in [2.75, 3.05) is 32.7 Å². The summed E-state index contributed by atoms with van der Waals surface area (Å²) >= 11 is 0. The molecule has 0 radical (unpaired) electrons. The van der Waals surface area contributed by atoms with Crippen molar-refractivity contribution in [1.82, 2.24) is 9.80 Å². The fraction of sp³-hybridized carbons (Fsp3) is 0.562. The van der Waals surface area contributed by atoms with Gasteiger partial charge in [-0.15, -0.1) is 0 Å². The SMILES string of the molecule is O=C(O)c1ccc2c(c1)CN(CCN1CCCC1)CC2. The summed E-state index contributed by atoms with van der Waals surface area (Å²) in [6, 6.07) is 5.55. The third kappa shape index (κ3) is 3.02. The molecule has 1 saturated heterocycles. The Balaban J connectivity index is 1.61. The Bertz CT molecular complexity index is 495. The Morgan fingerprint density at radius 3 is 2.55 bits per heavy atom. The Hall–Kier alpha value is -1.39. The van der Waals surface area contributed by atoms with E-state index in [2.05, 4.69) is 9.80 Å². The first-order chi connectivity index (χ1) is 9.72. The van der Waals surface area contributed by atoms with Gasteiger partial charge >= 0.3 is 5.97 Å². The van der Waals surface area contributed by atoms with Crippen LogP contribution in [-0.2, 0) is 13.0 Å². The molecule has 4 heteroatoms. The molecule has 0 unspecified atom stereocenters. The zero-order chi connectivity index (χ0) is 13.9. The molecule has 0 aromatic heterocycles. The Morgan fingerprint density at radius 2 is 1.80 bits per heavy atom. The standard InChI is InChI=1S/C16H22N2O2/c19-16(20)14-4-3-13-5-8-18(12-15(13)11-14)10-9-17-6-1-2-7-17/h3-4,11H,1-2,5-10,12H2,(H,19,20). The summed E-state index contributed by atoms with van der Waals surface area (Å²) in [5, 5.41) is 9.08. The zero-order valence-electron chi connectivity index (χ0n) is 11.8. The molecule has 1 fully saturated rings. The number of fused-ring (bicyclic) bond motifs is 1. The van der Waals surface area contributed by atoms with E-state index in [9.17, 15) is 4.79 Å². The van der Waals surface area contributed by atoms with Crippen molar-refractivity contribution in [2.45, 2.75) is 25.8 Å². The van der Waals surface area contributed by atoms with Crippen LogP contribution in [0.5, 0.6) is 0 Å². The van der Waals surface area contributed by atoms with Crippen LogP contribution in [0.1, 0.15) is 34.3 Å². The lowest BCUT2D eigenvalue weighted by molar-refractivity contribution is 0.0696. The van der Waals surface area contributed by atoms with Gasteiger partial charge < -0.3 is 10.0 Å². The van der Waals surface area contributed by atoms with E-state index in [1.165, 1.54) is 37.1 Å². The van der Waals surface area contributed by atoms with Gasteiger partial charge in [-0.25, -0.2) is 4.79 Å². The summed E-state index contributed by atoms with van der Waals surface area (Å²) in [7, 11) is 0. The highest BCUT2D eigenvalue weighted by Crippen LogP contribution is 2.20. The van der Waals surface area contributed by atoms with Gasteiger partial charge in [-0.05, 0) is 55.6 Å². The summed E-state index contributed by atoms with van der Waals surface area (Å²) in [4.78, 5) is 16.0. The predicted molar refractivity (Wildman–Crippen MR) is 78.1 cm³/mol. The van der Waals surface area contributed by atoms with Gasteiger partial charge in [-0.1, -0.05) is 6.07 Å². The fourth-order valence-corrected chi connectivity index (χ4v) is 3.23. The van der Waals surface area contributed by atoms with E-state index < -0.39 is 5.97 Å². The lowest BCUT2D eigenvalue weighted by Crippen LogP contribution is -2.37. The summed E-state index contributed by atoms with van der Waals surface area (Å²) in [6.07, 6.45) is 3.71. The molecule has 0 spiro atoms. The third-order valence-corrected chi connectivity index (χ3v) is 4.48. The zero-order valence-corrected chi connectivity index (χ0v) is 11.8. The number of carbonyl (C=O) groups is 1. The minimum absolute atomic E-state index is 0.408. The van der Waals surface area contributed by atoms with Gasteiger partial charge in [0.15, 0.2) is 0 Å². The van der Waals surface area contributed by atoms with Crippen LogP contribution in [0.25, 0.3) is 0 Å². The summed E-state index contributed by atoms with van der Waals surface area (Å²) in [5.74, 6) is -0.831. The molecule has 1 aromatic carbocycles. The average Bonchev–Trinajstić information content (AvgIpc) is 2.97. The quantitative estimate of drug-likeness (QED) is 0.910. The van der Waals surface area contributed by atoms with E-state index in [0.717, 1.165) is 32.6 Å². The minimum Gasteiger partial charge on any atom is -0.478 e.